The lowest BCUT2D eigenvalue weighted by molar-refractivity contribution is -0.129. The van der Waals surface area contributed by atoms with Crippen molar-refractivity contribution in [3.05, 3.63) is 100 Å². The fourth-order valence-electron chi connectivity index (χ4n) is 4.67. The molecule has 0 aliphatic carbocycles. The number of rotatable bonds is 6. The number of methoxy groups -OCH3 is 1. The van der Waals surface area contributed by atoms with E-state index < -0.39 is 0 Å². The number of benzene rings is 3. The molecule has 0 bridgehead atoms. The molecule has 3 aromatic carbocycles. The first-order valence-corrected chi connectivity index (χ1v) is 12.8. The van der Waals surface area contributed by atoms with Crippen LogP contribution in [-0.4, -0.2) is 30.5 Å². The predicted molar refractivity (Wildman–Crippen MR) is 142 cm³/mol. The monoisotopic (exact) mass is 497 g/mol. The van der Waals surface area contributed by atoms with Crippen molar-refractivity contribution in [2.45, 2.75) is 25.9 Å². The van der Waals surface area contributed by atoms with Gasteiger partial charge in [0.2, 0.25) is 5.91 Å². The summed E-state index contributed by atoms with van der Waals surface area (Å²) < 4.78 is 11.6. The maximum absolute atomic E-state index is 13.3. The Morgan fingerprint density at radius 1 is 1.06 bits per heavy atom. The van der Waals surface area contributed by atoms with Crippen LogP contribution in [0.2, 0.25) is 0 Å². The van der Waals surface area contributed by atoms with Crippen LogP contribution >= 0.6 is 11.8 Å². The first kappa shape index (κ1) is 23.8. The van der Waals surface area contributed by atoms with Crippen LogP contribution in [0.5, 0.6) is 11.5 Å². The van der Waals surface area contributed by atoms with E-state index in [1.54, 1.807) is 23.8 Å². The predicted octanol–water partition coefficient (Wildman–Crippen LogP) is 5.80. The van der Waals surface area contributed by atoms with Gasteiger partial charge in [-0.3, -0.25) is 9.69 Å². The first-order chi connectivity index (χ1) is 17.6. The maximum atomic E-state index is 13.3. The third-order valence-corrected chi connectivity index (χ3v) is 7.73. The minimum Gasteiger partial charge on any atom is -0.493 e. The highest BCUT2D eigenvalue weighted by atomic mass is 32.2. The third kappa shape index (κ3) is 4.65. The number of nitrogens with zero attached hydrogens (tertiary/aromatic N) is 3. The third-order valence-electron chi connectivity index (χ3n) is 6.58. The second-order valence-electron chi connectivity index (χ2n) is 8.83. The molecule has 7 heteroatoms. The topological polar surface area (TPSA) is 65.8 Å². The Kier molecular flexibility index (Phi) is 6.88. The summed E-state index contributed by atoms with van der Waals surface area (Å²) >= 11 is 1.54. The lowest BCUT2D eigenvalue weighted by Gasteiger charge is -2.42. The van der Waals surface area contributed by atoms with Crippen LogP contribution in [0.15, 0.2) is 83.4 Å². The Balaban J connectivity index is 1.40. The highest BCUT2D eigenvalue weighted by Crippen LogP contribution is 2.45. The molecule has 2 heterocycles. The molecule has 1 atom stereocenters. The second-order valence-corrected chi connectivity index (χ2v) is 9.77. The molecule has 1 amide bonds. The fourth-order valence-corrected chi connectivity index (χ4v) is 5.83. The molecule has 0 N–H and O–H groups in total. The van der Waals surface area contributed by atoms with Crippen molar-refractivity contribution in [1.29, 1.82) is 5.26 Å². The molecular formula is C29H27N3O3S. The van der Waals surface area contributed by atoms with Gasteiger partial charge in [0.25, 0.3) is 0 Å². The molecule has 6 nitrogen and oxygen atoms in total. The molecular weight excluding hydrogens is 470 g/mol. The Bertz CT molecular complexity index is 1350. The van der Waals surface area contributed by atoms with Crippen molar-refractivity contribution in [2.24, 2.45) is 0 Å². The van der Waals surface area contributed by atoms with E-state index >= 15 is 0 Å². The summed E-state index contributed by atoms with van der Waals surface area (Å²) in [5.41, 5.74) is 4.83. The zero-order chi connectivity index (χ0) is 25.1. The fraction of sp³-hybridized carbons (Fsp3) is 0.241. The Hall–Kier alpha value is -3.89. The molecule has 1 saturated heterocycles. The molecule has 0 unspecified atom stereocenters. The van der Waals surface area contributed by atoms with E-state index in [0.717, 1.165) is 27.4 Å². The molecule has 3 aromatic rings. The Morgan fingerprint density at radius 2 is 1.83 bits per heavy atom. The van der Waals surface area contributed by atoms with E-state index in [9.17, 15) is 10.1 Å². The number of nitriles is 1. The summed E-state index contributed by atoms with van der Waals surface area (Å²) in [6, 6.07) is 26.2. The number of fused-ring (bicyclic) bond motifs is 1. The van der Waals surface area contributed by atoms with Crippen molar-refractivity contribution in [2.75, 3.05) is 24.6 Å². The summed E-state index contributed by atoms with van der Waals surface area (Å²) in [6.45, 7) is 2.94. The number of ether oxygens (including phenoxy) is 2. The number of hydrogen-bond donors (Lipinski definition) is 0. The molecule has 2 aliphatic heterocycles. The number of amides is 1. The van der Waals surface area contributed by atoms with Gasteiger partial charge in [-0.05, 0) is 41.8 Å². The van der Waals surface area contributed by atoms with Crippen molar-refractivity contribution in [1.82, 2.24) is 4.90 Å². The molecule has 182 valence electrons. The van der Waals surface area contributed by atoms with Gasteiger partial charge in [0.1, 0.15) is 6.61 Å². The number of thioether (sulfide) groups is 1. The van der Waals surface area contributed by atoms with Gasteiger partial charge >= 0.3 is 0 Å². The van der Waals surface area contributed by atoms with Gasteiger partial charge < -0.3 is 14.4 Å². The number of hydrogen-bond acceptors (Lipinski definition) is 6. The van der Waals surface area contributed by atoms with Crippen molar-refractivity contribution < 1.29 is 14.3 Å². The number of para-hydroxylation sites is 1. The number of carbonyl (C=O) groups is 1. The summed E-state index contributed by atoms with van der Waals surface area (Å²) in [4.78, 5) is 17.2. The van der Waals surface area contributed by atoms with Gasteiger partial charge in [-0.1, -0.05) is 66.4 Å². The number of anilines is 1. The maximum Gasteiger partial charge on any atom is 0.229 e. The zero-order valence-corrected chi connectivity index (χ0v) is 21.1. The van der Waals surface area contributed by atoms with Gasteiger partial charge in [0.05, 0.1) is 36.3 Å². The molecule has 2 aliphatic rings. The average Bonchev–Trinajstić information content (AvgIpc) is 2.92. The molecule has 0 saturated carbocycles. The van der Waals surface area contributed by atoms with E-state index in [1.165, 1.54) is 0 Å². The summed E-state index contributed by atoms with van der Waals surface area (Å²) in [7, 11) is 1.60. The summed E-state index contributed by atoms with van der Waals surface area (Å²) in [5.74, 6) is 1.59. The van der Waals surface area contributed by atoms with E-state index in [2.05, 4.69) is 30.0 Å². The number of allylic oxidation sites excluding steroid dienone is 1. The first-order valence-electron chi connectivity index (χ1n) is 11.8. The largest absolute Gasteiger partial charge is 0.493 e. The van der Waals surface area contributed by atoms with Crippen molar-refractivity contribution >= 4 is 23.4 Å². The standard InChI is InChI=1S/C29H27N3O3S/c1-20-8-6-7-11-25(20)31-18-32-28(33)15-23(24(16-30)29(32)36-19-31)22-12-13-26(27(14-22)34-2)35-17-21-9-4-3-5-10-21/h3-14,23H,15,17-19H2,1-2H3/t23-/m1/s1. The number of aryl methyl sites for hydroxylation is 1. The minimum absolute atomic E-state index is 0.0168. The van der Waals surface area contributed by atoms with Gasteiger partial charge in [-0.15, -0.1) is 0 Å². The van der Waals surface area contributed by atoms with Gasteiger partial charge in [-0.2, -0.15) is 5.26 Å². The van der Waals surface area contributed by atoms with Crippen LogP contribution in [0, 0.1) is 18.3 Å². The van der Waals surface area contributed by atoms with Gasteiger partial charge in [0, 0.05) is 18.0 Å². The van der Waals surface area contributed by atoms with Crippen molar-refractivity contribution in [3.63, 3.8) is 0 Å². The van der Waals surface area contributed by atoms with Crippen LogP contribution < -0.4 is 14.4 Å². The van der Waals surface area contributed by atoms with E-state index in [4.69, 9.17) is 9.47 Å². The smallest absolute Gasteiger partial charge is 0.229 e. The quantitative estimate of drug-likeness (QED) is 0.429. The van der Waals surface area contributed by atoms with Crippen LogP contribution in [0.1, 0.15) is 29.0 Å². The molecule has 0 aromatic heterocycles. The molecule has 5 rings (SSSR count). The Morgan fingerprint density at radius 3 is 2.58 bits per heavy atom. The van der Waals surface area contributed by atoms with Crippen LogP contribution in [-0.2, 0) is 11.4 Å². The summed E-state index contributed by atoms with van der Waals surface area (Å²) in [5, 5.41) is 10.9. The molecule has 0 radical (unpaired) electrons. The highest BCUT2D eigenvalue weighted by Gasteiger charge is 2.38. The Labute approximate surface area is 215 Å². The lowest BCUT2D eigenvalue weighted by Crippen LogP contribution is -2.47. The van der Waals surface area contributed by atoms with Crippen LogP contribution in [0.25, 0.3) is 0 Å². The normalized spacial score (nSPS) is 17.5. The number of carbonyl (C=O) groups excluding carboxylic acids is 1. The second kappa shape index (κ2) is 10.4. The van der Waals surface area contributed by atoms with E-state index in [0.29, 0.717) is 36.2 Å². The zero-order valence-electron chi connectivity index (χ0n) is 20.3. The van der Waals surface area contributed by atoms with E-state index in [-0.39, 0.29) is 18.2 Å². The van der Waals surface area contributed by atoms with E-state index in [1.807, 2.05) is 60.7 Å². The summed E-state index contributed by atoms with van der Waals surface area (Å²) in [6.07, 6.45) is 0.238. The van der Waals surface area contributed by atoms with Gasteiger partial charge in [0.15, 0.2) is 11.5 Å². The average molecular weight is 498 g/mol. The SMILES string of the molecule is COc1cc([C@H]2CC(=O)N3CN(c4ccccc4C)CSC3=C2C#N)ccc1OCc1ccccc1. The van der Waals surface area contributed by atoms with Crippen molar-refractivity contribution in [3.8, 4) is 17.6 Å². The molecule has 36 heavy (non-hydrogen) atoms. The molecule has 0 spiro atoms. The lowest BCUT2D eigenvalue weighted by atomic mass is 9.86. The molecule has 1 fully saturated rings. The van der Waals surface area contributed by atoms with Crippen LogP contribution in [0.3, 0.4) is 0 Å². The van der Waals surface area contributed by atoms with Gasteiger partial charge in [-0.25, -0.2) is 0 Å². The highest BCUT2D eigenvalue weighted by molar-refractivity contribution is 8.03. The van der Waals surface area contributed by atoms with Crippen LogP contribution in [0.4, 0.5) is 5.69 Å². The minimum atomic E-state index is -0.316.